The second kappa shape index (κ2) is 8.00. The molecule has 0 saturated carbocycles. The van der Waals surface area contributed by atoms with E-state index in [-0.39, 0.29) is 6.09 Å². The predicted octanol–water partition coefficient (Wildman–Crippen LogP) is 4.04. The van der Waals surface area contributed by atoms with Gasteiger partial charge in [-0.25, -0.2) is 4.79 Å². The highest BCUT2D eigenvalue weighted by Crippen LogP contribution is 2.09. The molecule has 0 aliphatic rings. The summed E-state index contributed by atoms with van der Waals surface area (Å²) in [5, 5.41) is 2.72. The standard InChI is InChI=1S/C16H23NO2S/c1-16(2,3)19-15(18)17-10-5-4-7-13-8-6-9-14(11-13)12-20/h4,6-9,11,20H,5,10,12H2,1-3H3,(H,17,18). The van der Waals surface area contributed by atoms with E-state index >= 15 is 0 Å². The van der Waals surface area contributed by atoms with Crippen LogP contribution < -0.4 is 5.32 Å². The molecule has 0 aromatic heterocycles. The Hall–Kier alpha value is -1.42. The van der Waals surface area contributed by atoms with Gasteiger partial charge in [-0.05, 0) is 38.3 Å². The third-order valence-corrected chi connectivity index (χ3v) is 2.79. The Kier molecular flexibility index (Phi) is 6.65. The van der Waals surface area contributed by atoms with Gasteiger partial charge in [-0.3, -0.25) is 0 Å². The third kappa shape index (κ3) is 7.24. The van der Waals surface area contributed by atoms with Crippen molar-refractivity contribution in [2.75, 3.05) is 6.54 Å². The second-order valence-electron chi connectivity index (χ2n) is 5.52. The number of carbonyl (C=O) groups is 1. The highest BCUT2D eigenvalue weighted by atomic mass is 32.1. The van der Waals surface area contributed by atoms with Crippen LogP contribution in [0.2, 0.25) is 0 Å². The molecule has 1 amide bonds. The van der Waals surface area contributed by atoms with E-state index in [0.29, 0.717) is 6.54 Å². The van der Waals surface area contributed by atoms with E-state index in [9.17, 15) is 4.79 Å². The van der Waals surface area contributed by atoms with E-state index in [1.54, 1.807) is 0 Å². The van der Waals surface area contributed by atoms with Crippen LogP contribution in [0.15, 0.2) is 30.3 Å². The van der Waals surface area contributed by atoms with Gasteiger partial charge in [0.05, 0.1) is 0 Å². The fourth-order valence-electron chi connectivity index (χ4n) is 1.59. The van der Waals surface area contributed by atoms with Crippen LogP contribution in [0.4, 0.5) is 4.79 Å². The van der Waals surface area contributed by atoms with Crippen molar-refractivity contribution in [2.24, 2.45) is 0 Å². The highest BCUT2D eigenvalue weighted by molar-refractivity contribution is 7.79. The zero-order valence-corrected chi connectivity index (χ0v) is 13.2. The monoisotopic (exact) mass is 293 g/mol. The maximum absolute atomic E-state index is 11.4. The van der Waals surface area contributed by atoms with E-state index in [4.69, 9.17) is 4.74 Å². The lowest BCUT2D eigenvalue weighted by Crippen LogP contribution is -2.32. The van der Waals surface area contributed by atoms with Gasteiger partial charge in [0.25, 0.3) is 0 Å². The third-order valence-electron chi connectivity index (χ3n) is 2.42. The molecule has 1 aromatic carbocycles. The van der Waals surface area contributed by atoms with E-state index in [0.717, 1.165) is 17.7 Å². The fraction of sp³-hybridized carbons (Fsp3) is 0.438. The number of ether oxygens (including phenoxy) is 1. The molecule has 0 radical (unpaired) electrons. The Morgan fingerprint density at radius 2 is 2.15 bits per heavy atom. The van der Waals surface area contributed by atoms with E-state index < -0.39 is 5.60 Å². The number of rotatable bonds is 5. The summed E-state index contributed by atoms with van der Waals surface area (Å²) in [6.45, 7) is 6.11. The van der Waals surface area contributed by atoms with Gasteiger partial charge in [0.15, 0.2) is 0 Å². The van der Waals surface area contributed by atoms with Gasteiger partial charge < -0.3 is 10.1 Å². The van der Waals surface area contributed by atoms with E-state index in [1.165, 1.54) is 5.56 Å². The summed E-state index contributed by atoms with van der Waals surface area (Å²) in [5.74, 6) is 0.738. The molecular formula is C16H23NO2S. The topological polar surface area (TPSA) is 38.3 Å². The lowest BCUT2D eigenvalue weighted by Gasteiger charge is -2.19. The molecular weight excluding hydrogens is 270 g/mol. The van der Waals surface area contributed by atoms with Crippen LogP contribution in [-0.4, -0.2) is 18.2 Å². The summed E-state index contributed by atoms with van der Waals surface area (Å²) in [6.07, 6.45) is 4.48. The van der Waals surface area contributed by atoms with E-state index in [2.05, 4.69) is 24.0 Å². The largest absolute Gasteiger partial charge is 0.444 e. The first-order chi connectivity index (χ1) is 9.40. The molecule has 4 heteroatoms. The Balaban J connectivity index is 2.30. The Morgan fingerprint density at radius 1 is 1.40 bits per heavy atom. The number of alkyl carbamates (subject to hydrolysis) is 1. The molecule has 0 fully saturated rings. The van der Waals surface area contributed by atoms with Crippen molar-refractivity contribution in [3.05, 3.63) is 41.5 Å². The highest BCUT2D eigenvalue weighted by Gasteiger charge is 2.14. The lowest BCUT2D eigenvalue weighted by molar-refractivity contribution is 0.0529. The van der Waals surface area contributed by atoms with Crippen LogP contribution in [0.25, 0.3) is 6.08 Å². The summed E-state index contributed by atoms with van der Waals surface area (Å²) in [6, 6.07) is 8.22. The predicted molar refractivity (Wildman–Crippen MR) is 87.0 cm³/mol. The van der Waals surface area contributed by atoms with Crippen molar-refractivity contribution < 1.29 is 9.53 Å². The minimum absolute atomic E-state index is 0.372. The number of thiol groups is 1. The van der Waals surface area contributed by atoms with Crippen LogP contribution in [0, 0.1) is 0 Å². The molecule has 0 spiro atoms. The first kappa shape index (κ1) is 16.6. The maximum Gasteiger partial charge on any atom is 0.407 e. The normalized spacial score (nSPS) is 11.6. The fourth-order valence-corrected chi connectivity index (χ4v) is 1.78. The van der Waals surface area contributed by atoms with Crippen LogP contribution in [0.3, 0.4) is 0 Å². The number of hydrogen-bond acceptors (Lipinski definition) is 3. The zero-order valence-electron chi connectivity index (χ0n) is 12.3. The van der Waals surface area contributed by atoms with Crippen LogP contribution >= 0.6 is 12.6 Å². The van der Waals surface area contributed by atoms with Gasteiger partial charge >= 0.3 is 6.09 Å². The average molecular weight is 293 g/mol. The van der Waals surface area contributed by atoms with Gasteiger partial charge in [-0.1, -0.05) is 36.4 Å². The molecule has 0 unspecified atom stereocenters. The molecule has 0 bridgehead atoms. The zero-order chi connectivity index (χ0) is 15.0. The van der Waals surface area contributed by atoms with Gasteiger partial charge in [0.2, 0.25) is 0 Å². The number of amides is 1. The molecule has 0 aliphatic carbocycles. The molecule has 0 saturated heterocycles. The minimum atomic E-state index is -0.451. The Bertz CT molecular complexity index is 464. The summed E-state index contributed by atoms with van der Waals surface area (Å²) in [5.41, 5.74) is 1.89. The van der Waals surface area contributed by atoms with Crippen molar-refractivity contribution >= 4 is 24.8 Å². The van der Waals surface area contributed by atoms with Gasteiger partial charge in [-0.2, -0.15) is 12.6 Å². The molecule has 0 atom stereocenters. The number of nitrogens with one attached hydrogen (secondary N) is 1. The molecule has 1 rings (SSSR count). The molecule has 0 aliphatic heterocycles. The average Bonchev–Trinajstić information content (AvgIpc) is 2.36. The number of benzene rings is 1. The van der Waals surface area contributed by atoms with Crippen LogP contribution in [0.5, 0.6) is 0 Å². The molecule has 0 heterocycles. The molecule has 1 N–H and O–H groups in total. The number of carbonyl (C=O) groups excluding carboxylic acids is 1. The molecule has 110 valence electrons. The van der Waals surface area contributed by atoms with Crippen molar-refractivity contribution in [1.29, 1.82) is 0 Å². The summed E-state index contributed by atoms with van der Waals surface area (Å²) < 4.78 is 5.15. The van der Waals surface area contributed by atoms with Crippen molar-refractivity contribution in [3.8, 4) is 0 Å². The maximum atomic E-state index is 11.4. The first-order valence-corrected chi connectivity index (χ1v) is 7.37. The number of hydrogen-bond donors (Lipinski definition) is 2. The molecule has 20 heavy (non-hydrogen) atoms. The first-order valence-electron chi connectivity index (χ1n) is 6.74. The minimum Gasteiger partial charge on any atom is -0.444 e. The SMILES string of the molecule is CC(C)(C)OC(=O)NCCC=Cc1cccc(CS)c1. The van der Waals surface area contributed by atoms with Gasteiger partial charge in [0, 0.05) is 12.3 Å². The quantitative estimate of drug-likeness (QED) is 0.635. The summed E-state index contributed by atoms with van der Waals surface area (Å²) in [7, 11) is 0. The van der Waals surface area contributed by atoms with Crippen LogP contribution in [0.1, 0.15) is 38.3 Å². The van der Waals surface area contributed by atoms with Crippen molar-refractivity contribution in [1.82, 2.24) is 5.32 Å². The van der Waals surface area contributed by atoms with Crippen LogP contribution in [-0.2, 0) is 10.5 Å². The van der Waals surface area contributed by atoms with Gasteiger partial charge in [-0.15, -0.1) is 0 Å². The molecule has 3 nitrogen and oxygen atoms in total. The van der Waals surface area contributed by atoms with E-state index in [1.807, 2.05) is 51.1 Å². The Morgan fingerprint density at radius 3 is 2.80 bits per heavy atom. The summed E-state index contributed by atoms with van der Waals surface area (Å²) in [4.78, 5) is 11.4. The second-order valence-corrected chi connectivity index (χ2v) is 5.84. The summed E-state index contributed by atoms with van der Waals surface area (Å²) >= 11 is 4.25. The van der Waals surface area contributed by atoms with Crippen molar-refractivity contribution in [3.63, 3.8) is 0 Å². The lowest BCUT2D eigenvalue weighted by atomic mass is 10.1. The van der Waals surface area contributed by atoms with Crippen molar-refractivity contribution in [2.45, 2.75) is 38.5 Å². The van der Waals surface area contributed by atoms with Gasteiger partial charge in [0.1, 0.15) is 5.60 Å². The Labute approximate surface area is 126 Å². The smallest absolute Gasteiger partial charge is 0.407 e. The molecule has 1 aromatic rings.